The number of nitrogens with zero attached hydrogens (tertiary/aromatic N) is 1. The minimum absolute atomic E-state index is 0.0817. The first-order chi connectivity index (χ1) is 8.18. The van der Waals surface area contributed by atoms with Gasteiger partial charge in [0.15, 0.2) is 0 Å². The molecule has 0 aromatic heterocycles. The maximum Gasteiger partial charge on any atom is 0.251 e. The smallest absolute Gasteiger partial charge is 0.251 e. The molecule has 0 unspecified atom stereocenters. The highest BCUT2D eigenvalue weighted by Gasteiger charge is 2.26. The van der Waals surface area contributed by atoms with Crippen molar-refractivity contribution >= 4 is 21.8 Å². The lowest BCUT2D eigenvalue weighted by atomic mass is 10.2. The largest absolute Gasteiger partial charge is 0.368 e. The number of carbonyl (C=O) groups is 1. The zero-order chi connectivity index (χ0) is 12.3. The maximum absolute atomic E-state index is 12.0. The highest BCUT2D eigenvalue weighted by molar-refractivity contribution is 9.10. The van der Waals surface area contributed by atoms with Crippen LogP contribution >= 0.6 is 15.9 Å². The number of hydrogen-bond acceptors (Lipinski definition) is 2. The van der Waals surface area contributed by atoms with E-state index in [-0.39, 0.29) is 12.0 Å². The van der Waals surface area contributed by atoms with Crippen molar-refractivity contribution in [3.05, 3.63) is 34.3 Å². The van der Waals surface area contributed by atoms with Crippen molar-refractivity contribution in [1.82, 2.24) is 4.90 Å². The van der Waals surface area contributed by atoms with E-state index >= 15 is 0 Å². The van der Waals surface area contributed by atoms with Crippen molar-refractivity contribution in [1.29, 1.82) is 0 Å². The molecule has 0 aliphatic carbocycles. The summed E-state index contributed by atoms with van der Waals surface area (Å²) in [5.41, 5.74) is 1.11. The summed E-state index contributed by atoms with van der Waals surface area (Å²) in [5.74, 6) is 0.0817. The number of rotatable bonds is 3. The first-order valence-corrected chi connectivity index (χ1v) is 6.58. The lowest BCUT2D eigenvalue weighted by molar-refractivity contribution is -0.140. The van der Waals surface area contributed by atoms with Gasteiger partial charge < -0.3 is 9.64 Å². The van der Waals surface area contributed by atoms with Crippen molar-refractivity contribution in [3.63, 3.8) is 0 Å². The van der Waals surface area contributed by atoms with Gasteiger partial charge in [-0.2, -0.15) is 0 Å². The maximum atomic E-state index is 12.0. The summed E-state index contributed by atoms with van der Waals surface area (Å²) in [6.45, 7) is 1.32. The molecule has 0 spiro atoms. The third kappa shape index (κ3) is 3.07. The molecule has 17 heavy (non-hydrogen) atoms. The van der Waals surface area contributed by atoms with Gasteiger partial charge >= 0.3 is 0 Å². The zero-order valence-corrected chi connectivity index (χ0v) is 11.4. The van der Waals surface area contributed by atoms with Gasteiger partial charge in [-0.15, -0.1) is 0 Å². The molecule has 0 saturated carbocycles. The Morgan fingerprint density at radius 3 is 2.94 bits per heavy atom. The summed E-state index contributed by atoms with van der Waals surface area (Å²) in [7, 11) is 1.82. The van der Waals surface area contributed by atoms with E-state index in [1.54, 1.807) is 4.90 Å². The van der Waals surface area contributed by atoms with Crippen molar-refractivity contribution in [2.75, 3.05) is 13.7 Å². The van der Waals surface area contributed by atoms with E-state index in [2.05, 4.69) is 15.9 Å². The number of hydrogen-bond donors (Lipinski definition) is 0. The molecule has 0 N–H and O–H groups in total. The average molecular weight is 298 g/mol. The minimum atomic E-state index is -0.234. The summed E-state index contributed by atoms with van der Waals surface area (Å²) in [4.78, 5) is 13.8. The van der Waals surface area contributed by atoms with Crippen LogP contribution in [-0.4, -0.2) is 30.6 Å². The van der Waals surface area contributed by atoms with Crippen LogP contribution in [0.25, 0.3) is 0 Å². The van der Waals surface area contributed by atoms with Crippen LogP contribution in [0.5, 0.6) is 0 Å². The highest BCUT2D eigenvalue weighted by atomic mass is 79.9. The van der Waals surface area contributed by atoms with Crippen LogP contribution in [0.2, 0.25) is 0 Å². The fraction of sp³-hybridized carbons (Fsp3) is 0.462. The van der Waals surface area contributed by atoms with E-state index in [1.165, 1.54) is 0 Å². The molecule has 0 radical (unpaired) electrons. The monoisotopic (exact) mass is 297 g/mol. The van der Waals surface area contributed by atoms with E-state index in [9.17, 15) is 4.79 Å². The molecule has 0 bridgehead atoms. The number of amides is 1. The summed E-state index contributed by atoms with van der Waals surface area (Å²) < 4.78 is 6.44. The van der Waals surface area contributed by atoms with Crippen LogP contribution in [0.3, 0.4) is 0 Å². The van der Waals surface area contributed by atoms with Crippen LogP contribution in [0.1, 0.15) is 18.4 Å². The van der Waals surface area contributed by atoms with Crippen LogP contribution in [0, 0.1) is 0 Å². The number of carbonyl (C=O) groups excluding carboxylic acids is 1. The predicted octanol–water partition coefficient (Wildman–Crippen LogP) is 2.59. The second-order valence-electron chi connectivity index (χ2n) is 4.29. The topological polar surface area (TPSA) is 29.5 Å². The first kappa shape index (κ1) is 12.6. The molecule has 2 rings (SSSR count). The normalized spacial score (nSPS) is 19.3. The van der Waals surface area contributed by atoms with Gasteiger partial charge in [-0.3, -0.25) is 4.79 Å². The lowest BCUT2D eigenvalue weighted by Gasteiger charge is -2.21. The minimum Gasteiger partial charge on any atom is -0.368 e. The summed E-state index contributed by atoms with van der Waals surface area (Å²) in [6.07, 6.45) is 1.60. The third-order valence-corrected chi connectivity index (χ3v) is 3.72. The Hall–Kier alpha value is -0.870. The van der Waals surface area contributed by atoms with E-state index in [0.717, 1.165) is 22.9 Å². The van der Waals surface area contributed by atoms with Crippen molar-refractivity contribution in [3.8, 4) is 0 Å². The molecular formula is C13H16BrNO2. The zero-order valence-electron chi connectivity index (χ0n) is 9.86. The molecule has 1 atom stereocenters. The number of ether oxygens (including phenoxy) is 1. The van der Waals surface area contributed by atoms with E-state index in [0.29, 0.717) is 13.2 Å². The number of halogens is 1. The van der Waals surface area contributed by atoms with E-state index in [1.807, 2.05) is 31.3 Å². The Morgan fingerprint density at radius 2 is 2.29 bits per heavy atom. The van der Waals surface area contributed by atoms with Crippen LogP contribution in [0.4, 0.5) is 0 Å². The van der Waals surface area contributed by atoms with Gasteiger partial charge in [0.1, 0.15) is 6.10 Å². The van der Waals surface area contributed by atoms with E-state index in [4.69, 9.17) is 4.74 Å². The van der Waals surface area contributed by atoms with Crippen molar-refractivity contribution < 1.29 is 9.53 Å². The number of benzene rings is 1. The van der Waals surface area contributed by atoms with Crippen LogP contribution < -0.4 is 0 Å². The summed E-state index contributed by atoms with van der Waals surface area (Å²) >= 11 is 3.49. The van der Waals surface area contributed by atoms with Gasteiger partial charge in [0.2, 0.25) is 0 Å². The van der Waals surface area contributed by atoms with Crippen LogP contribution in [0.15, 0.2) is 28.7 Å². The molecule has 1 aromatic carbocycles. The quantitative estimate of drug-likeness (QED) is 0.858. The van der Waals surface area contributed by atoms with Crippen molar-refractivity contribution in [2.45, 2.75) is 25.5 Å². The Balaban J connectivity index is 1.99. The third-order valence-electron chi connectivity index (χ3n) is 2.95. The Labute approximate surface area is 110 Å². The molecule has 1 aliphatic heterocycles. The lowest BCUT2D eigenvalue weighted by Crippen LogP contribution is -2.35. The highest BCUT2D eigenvalue weighted by Crippen LogP contribution is 2.19. The molecule has 1 aliphatic rings. The molecule has 3 nitrogen and oxygen atoms in total. The second-order valence-corrected chi connectivity index (χ2v) is 5.14. The van der Waals surface area contributed by atoms with Gasteiger partial charge in [-0.1, -0.05) is 34.1 Å². The molecular weight excluding hydrogens is 282 g/mol. The van der Waals surface area contributed by atoms with Crippen molar-refractivity contribution in [2.24, 2.45) is 0 Å². The molecule has 1 aromatic rings. The molecule has 1 amide bonds. The van der Waals surface area contributed by atoms with E-state index < -0.39 is 0 Å². The second kappa shape index (κ2) is 5.65. The van der Waals surface area contributed by atoms with Gasteiger partial charge in [-0.25, -0.2) is 0 Å². The average Bonchev–Trinajstić information content (AvgIpc) is 2.84. The Bertz CT molecular complexity index is 402. The Morgan fingerprint density at radius 1 is 1.53 bits per heavy atom. The van der Waals surface area contributed by atoms with Crippen LogP contribution in [-0.2, 0) is 16.1 Å². The molecule has 4 heteroatoms. The Kier molecular flexibility index (Phi) is 4.18. The molecule has 1 heterocycles. The van der Waals surface area contributed by atoms with Gasteiger partial charge in [0.05, 0.1) is 0 Å². The SMILES string of the molecule is CN(Cc1ccccc1Br)C(=O)[C@@H]1CCCO1. The standard InChI is InChI=1S/C13H16BrNO2/c1-15(13(16)12-7-4-8-17-12)9-10-5-2-3-6-11(10)14/h2-3,5-6,12H,4,7-9H2,1H3/t12-/m0/s1. The molecule has 92 valence electrons. The van der Waals surface area contributed by atoms with Gasteiger partial charge in [0.25, 0.3) is 5.91 Å². The first-order valence-electron chi connectivity index (χ1n) is 5.78. The fourth-order valence-electron chi connectivity index (χ4n) is 1.98. The fourth-order valence-corrected chi connectivity index (χ4v) is 2.39. The van der Waals surface area contributed by atoms with Gasteiger partial charge in [0, 0.05) is 24.7 Å². The van der Waals surface area contributed by atoms with Gasteiger partial charge in [-0.05, 0) is 24.5 Å². The predicted molar refractivity (Wildman–Crippen MR) is 69.6 cm³/mol. The number of likely N-dealkylation sites (N-methyl/N-ethyl adjacent to an activating group) is 1. The molecule has 1 fully saturated rings. The summed E-state index contributed by atoms with van der Waals surface area (Å²) in [5, 5.41) is 0. The molecule has 1 saturated heterocycles. The summed E-state index contributed by atoms with van der Waals surface area (Å²) in [6, 6.07) is 7.95.